The number of carbonyl (C=O) groups is 1. The number of carboxylic acids is 1. The van der Waals surface area contributed by atoms with Crippen molar-refractivity contribution in [2.45, 2.75) is 17.9 Å². The SMILES string of the molecule is C[C@H](NS(=O)(=O)c1c[nH]c(C(=O)O)c1)c1ccncc1. The fourth-order valence-electron chi connectivity index (χ4n) is 1.67. The summed E-state index contributed by atoms with van der Waals surface area (Å²) in [6.45, 7) is 1.69. The number of sulfonamides is 1. The fraction of sp³-hybridized carbons (Fsp3) is 0.167. The van der Waals surface area contributed by atoms with Gasteiger partial charge in [0, 0.05) is 24.6 Å². The van der Waals surface area contributed by atoms with Crippen LogP contribution in [0.2, 0.25) is 0 Å². The van der Waals surface area contributed by atoms with Gasteiger partial charge >= 0.3 is 5.97 Å². The highest BCUT2D eigenvalue weighted by Crippen LogP contribution is 2.17. The minimum absolute atomic E-state index is 0.115. The lowest BCUT2D eigenvalue weighted by Crippen LogP contribution is -2.26. The van der Waals surface area contributed by atoms with E-state index in [1.165, 1.54) is 0 Å². The van der Waals surface area contributed by atoms with Gasteiger partial charge in [-0.25, -0.2) is 17.9 Å². The maximum atomic E-state index is 12.1. The molecule has 0 amide bonds. The zero-order valence-electron chi connectivity index (χ0n) is 10.6. The summed E-state index contributed by atoms with van der Waals surface area (Å²) in [7, 11) is -3.79. The number of carboxylic acid groups (broad SMARTS) is 1. The Bertz CT molecular complexity index is 709. The van der Waals surface area contributed by atoms with Crippen molar-refractivity contribution >= 4 is 16.0 Å². The Morgan fingerprint density at radius 1 is 1.40 bits per heavy atom. The van der Waals surface area contributed by atoms with Gasteiger partial charge < -0.3 is 10.1 Å². The third kappa shape index (κ3) is 3.03. The summed E-state index contributed by atoms with van der Waals surface area (Å²) in [5.41, 5.74) is 0.583. The van der Waals surface area contributed by atoms with Crippen LogP contribution >= 0.6 is 0 Å². The number of rotatable bonds is 5. The number of aromatic nitrogens is 2. The molecule has 0 unspecified atom stereocenters. The molecule has 0 aliphatic carbocycles. The number of hydrogen-bond acceptors (Lipinski definition) is 4. The van der Waals surface area contributed by atoms with E-state index in [0.717, 1.165) is 17.8 Å². The smallest absolute Gasteiger partial charge is 0.352 e. The first kappa shape index (κ1) is 14.2. The van der Waals surface area contributed by atoms with Crippen molar-refractivity contribution in [3.8, 4) is 0 Å². The van der Waals surface area contributed by atoms with Crippen molar-refractivity contribution < 1.29 is 18.3 Å². The summed E-state index contributed by atoms with van der Waals surface area (Å²) in [6, 6.07) is 4.02. The fourth-order valence-corrected chi connectivity index (χ4v) is 2.90. The van der Waals surface area contributed by atoms with Crippen LogP contribution in [0.15, 0.2) is 41.7 Å². The maximum Gasteiger partial charge on any atom is 0.352 e. The number of nitrogens with one attached hydrogen (secondary N) is 2. The molecule has 0 saturated heterocycles. The Kier molecular flexibility index (Phi) is 3.86. The normalized spacial score (nSPS) is 13.1. The summed E-state index contributed by atoms with van der Waals surface area (Å²) >= 11 is 0. The molecule has 0 radical (unpaired) electrons. The van der Waals surface area contributed by atoms with Crippen molar-refractivity contribution in [3.05, 3.63) is 48.0 Å². The van der Waals surface area contributed by atoms with Gasteiger partial charge in [0.05, 0.1) is 0 Å². The van der Waals surface area contributed by atoms with Gasteiger partial charge in [-0.1, -0.05) is 0 Å². The topological polar surface area (TPSA) is 112 Å². The van der Waals surface area contributed by atoms with Crippen LogP contribution in [-0.2, 0) is 10.0 Å². The lowest BCUT2D eigenvalue weighted by Gasteiger charge is -2.13. The number of hydrogen-bond donors (Lipinski definition) is 3. The second kappa shape index (κ2) is 5.43. The molecule has 106 valence electrons. The highest BCUT2D eigenvalue weighted by Gasteiger charge is 2.21. The van der Waals surface area contributed by atoms with Gasteiger partial charge in [-0.05, 0) is 30.7 Å². The molecule has 0 aliphatic heterocycles. The molecule has 20 heavy (non-hydrogen) atoms. The van der Waals surface area contributed by atoms with Crippen molar-refractivity contribution in [1.29, 1.82) is 0 Å². The standard InChI is InChI=1S/C12H13N3O4S/c1-8(9-2-4-13-5-3-9)15-20(18,19)10-6-11(12(16)17)14-7-10/h2-8,14-15H,1H3,(H,16,17)/t8-/m0/s1. The van der Waals surface area contributed by atoms with Crippen LogP contribution in [0.1, 0.15) is 29.0 Å². The van der Waals surface area contributed by atoms with Gasteiger partial charge in [0.25, 0.3) is 0 Å². The molecule has 2 heterocycles. The average Bonchev–Trinajstić information content (AvgIpc) is 2.90. The zero-order valence-corrected chi connectivity index (χ0v) is 11.4. The van der Waals surface area contributed by atoms with E-state index in [9.17, 15) is 13.2 Å². The van der Waals surface area contributed by atoms with Gasteiger partial charge in [0.15, 0.2) is 0 Å². The van der Waals surface area contributed by atoms with Crippen LogP contribution in [0.4, 0.5) is 0 Å². The van der Waals surface area contributed by atoms with Crippen LogP contribution < -0.4 is 4.72 Å². The molecule has 8 heteroatoms. The van der Waals surface area contributed by atoms with Gasteiger partial charge in [-0.2, -0.15) is 0 Å². The maximum absolute atomic E-state index is 12.1. The first-order chi connectivity index (χ1) is 9.40. The Labute approximate surface area is 115 Å². The summed E-state index contributed by atoms with van der Waals surface area (Å²) in [6.07, 6.45) is 4.28. The summed E-state index contributed by atoms with van der Waals surface area (Å²) in [4.78, 5) is 16.9. The minimum atomic E-state index is -3.79. The summed E-state index contributed by atoms with van der Waals surface area (Å²) in [5, 5.41) is 8.77. The van der Waals surface area contributed by atoms with Crippen molar-refractivity contribution in [1.82, 2.24) is 14.7 Å². The van der Waals surface area contributed by atoms with E-state index >= 15 is 0 Å². The minimum Gasteiger partial charge on any atom is -0.477 e. The second-order valence-corrected chi connectivity index (χ2v) is 5.89. The molecule has 2 aromatic rings. The van der Waals surface area contributed by atoms with Gasteiger partial charge in [-0.15, -0.1) is 0 Å². The predicted molar refractivity (Wildman–Crippen MR) is 70.7 cm³/mol. The molecule has 3 N–H and O–H groups in total. The van der Waals surface area contributed by atoms with E-state index in [0.29, 0.717) is 0 Å². The molecule has 7 nitrogen and oxygen atoms in total. The first-order valence-corrected chi connectivity index (χ1v) is 7.22. The Morgan fingerprint density at radius 3 is 2.60 bits per heavy atom. The zero-order chi connectivity index (χ0) is 14.8. The molecule has 0 spiro atoms. The van der Waals surface area contributed by atoms with Crippen LogP contribution in [-0.4, -0.2) is 29.5 Å². The Hall–Kier alpha value is -2.19. The number of pyridine rings is 1. The highest BCUT2D eigenvalue weighted by atomic mass is 32.2. The molecule has 0 bridgehead atoms. The van der Waals surface area contributed by atoms with E-state index in [1.54, 1.807) is 31.5 Å². The van der Waals surface area contributed by atoms with Gasteiger partial charge in [0.2, 0.25) is 10.0 Å². The molecule has 0 fully saturated rings. The Balaban J connectivity index is 2.20. The van der Waals surface area contributed by atoms with Crippen LogP contribution in [0.5, 0.6) is 0 Å². The number of nitrogens with zero attached hydrogens (tertiary/aromatic N) is 1. The van der Waals surface area contributed by atoms with Crippen molar-refractivity contribution in [2.24, 2.45) is 0 Å². The summed E-state index contributed by atoms with van der Waals surface area (Å²) < 4.78 is 26.7. The second-order valence-electron chi connectivity index (χ2n) is 4.18. The third-order valence-corrected chi connectivity index (χ3v) is 4.26. The van der Waals surface area contributed by atoms with Crippen molar-refractivity contribution in [2.75, 3.05) is 0 Å². The predicted octanol–water partition coefficient (Wildman–Crippen LogP) is 1.15. The van der Waals surface area contributed by atoms with E-state index in [-0.39, 0.29) is 10.6 Å². The van der Waals surface area contributed by atoms with Crippen LogP contribution in [0.3, 0.4) is 0 Å². The molecule has 2 aromatic heterocycles. The average molecular weight is 295 g/mol. The molecule has 0 aliphatic rings. The van der Waals surface area contributed by atoms with Gasteiger partial charge in [0.1, 0.15) is 10.6 Å². The lowest BCUT2D eigenvalue weighted by molar-refractivity contribution is 0.0691. The molecule has 1 atom stereocenters. The van der Waals surface area contributed by atoms with Gasteiger partial charge in [-0.3, -0.25) is 4.98 Å². The van der Waals surface area contributed by atoms with E-state index in [4.69, 9.17) is 5.11 Å². The molecular formula is C12H13N3O4S. The first-order valence-electron chi connectivity index (χ1n) is 5.74. The van der Waals surface area contributed by atoms with Crippen LogP contribution in [0.25, 0.3) is 0 Å². The van der Waals surface area contributed by atoms with E-state index < -0.39 is 22.0 Å². The summed E-state index contributed by atoms with van der Waals surface area (Å²) in [5.74, 6) is -1.21. The molecular weight excluding hydrogens is 282 g/mol. The highest BCUT2D eigenvalue weighted by molar-refractivity contribution is 7.89. The molecule has 2 rings (SSSR count). The number of H-pyrrole nitrogens is 1. The lowest BCUT2D eigenvalue weighted by atomic mass is 10.1. The number of aromatic amines is 1. The molecule has 0 aromatic carbocycles. The number of aromatic carboxylic acids is 1. The van der Waals surface area contributed by atoms with E-state index in [1.807, 2.05) is 0 Å². The Morgan fingerprint density at radius 2 is 2.05 bits per heavy atom. The van der Waals surface area contributed by atoms with Crippen molar-refractivity contribution in [3.63, 3.8) is 0 Å². The largest absolute Gasteiger partial charge is 0.477 e. The van der Waals surface area contributed by atoms with E-state index in [2.05, 4.69) is 14.7 Å². The van der Waals surface area contributed by atoms with Crippen LogP contribution in [0, 0.1) is 0 Å². The molecule has 0 saturated carbocycles. The quantitative estimate of drug-likeness (QED) is 0.766. The monoisotopic (exact) mass is 295 g/mol. The third-order valence-electron chi connectivity index (χ3n) is 2.74.